The molecule has 0 saturated carbocycles. The van der Waals surface area contributed by atoms with E-state index in [1.807, 2.05) is 39.0 Å². The Morgan fingerprint density at radius 1 is 0.826 bits per heavy atom. The average Bonchev–Trinajstić information content (AvgIpc) is 2.96. The van der Waals surface area contributed by atoms with Gasteiger partial charge in [0.15, 0.2) is 5.82 Å². The van der Waals surface area contributed by atoms with Crippen molar-refractivity contribution in [3.8, 4) is 0 Å². The Morgan fingerprint density at radius 2 is 1.48 bits per heavy atom. The molecule has 0 saturated heterocycles. The number of hydrogen-bond acceptors (Lipinski definition) is 9. The quantitative estimate of drug-likeness (QED) is 0.0883. The minimum absolute atomic E-state index is 0.0426. The summed E-state index contributed by atoms with van der Waals surface area (Å²) in [6.45, 7) is 10.5. The lowest BCUT2D eigenvalue weighted by atomic mass is 10.1. The van der Waals surface area contributed by atoms with Crippen molar-refractivity contribution in [2.45, 2.75) is 49.6 Å². The standard InChI is InChI=1S/C31H40Cl5N5O5/c1-30(2,3)46-29(42)38-11-5-13-44-15-17-45-16-14-43-12-4-10-37-20-21-6-8-23-26(18-21)40-28(31(34,35)36)41-27(23)39-25-9-7-22(32)19-24(25)33/h6-9,18-19,37H,4-5,10-17,20H2,1-3H3,(H,38,42)(H,39,40,41). The van der Waals surface area contributed by atoms with Gasteiger partial charge in [0.25, 0.3) is 0 Å². The Hall–Kier alpha value is -1.86. The minimum atomic E-state index is -1.81. The molecule has 10 nitrogen and oxygen atoms in total. The number of amides is 1. The molecular weight excluding hydrogens is 700 g/mol. The molecule has 15 heteroatoms. The Bertz CT molecular complexity index is 1400. The summed E-state index contributed by atoms with van der Waals surface area (Å²) in [6.07, 6.45) is 1.11. The predicted octanol–water partition coefficient (Wildman–Crippen LogP) is 7.95. The monoisotopic (exact) mass is 737 g/mol. The van der Waals surface area contributed by atoms with E-state index in [4.69, 9.17) is 77.0 Å². The Kier molecular flexibility index (Phi) is 16.1. The number of ether oxygens (including phenoxy) is 4. The third kappa shape index (κ3) is 14.5. The molecule has 0 fully saturated rings. The average molecular weight is 740 g/mol. The normalized spacial score (nSPS) is 12.0. The second kappa shape index (κ2) is 19.2. The van der Waals surface area contributed by atoms with E-state index in [0.717, 1.165) is 23.9 Å². The zero-order valence-electron chi connectivity index (χ0n) is 26.1. The fourth-order valence-corrected chi connectivity index (χ4v) is 4.69. The van der Waals surface area contributed by atoms with Gasteiger partial charge in [0.05, 0.1) is 42.7 Å². The molecular formula is C31H40Cl5N5O5. The molecule has 0 aliphatic heterocycles. The van der Waals surface area contributed by atoms with Gasteiger partial charge in [-0.1, -0.05) is 64.1 Å². The van der Waals surface area contributed by atoms with E-state index in [0.29, 0.717) is 86.2 Å². The van der Waals surface area contributed by atoms with Gasteiger partial charge in [0.1, 0.15) is 11.4 Å². The van der Waals surface area contributed by atoms with Gasteiger partial charge in [0.2, 0.25) is 3.79 Å². The van der Waals surface area contributed by atoms with Crippen LogP contribution in [0.1, 0.15) is 45.0 Å². The van der Waals surface area contributed by atoms with Crippen molar-refractivity contribution in [3.63, 3.8) is 0 Å². The Balaban J connectivity index is 1.30. The molecule has 46 heavy (non-hydrogen) atoms. The lowest BCUT2D eigenvalue weighted by Gasteiger charge is -2.19. The van der Waals surface area contributed by atoms with Gasteiger partial charge in [-0.15, -0.1) is 0 Å². The van der Waals surface area contributed by atoms with Crippen molar-refractivity contribution in [1.82, 2.24) is 20.6 Å². The minimum Gasteiger partial charge on any atom is -0.444 e. The van der Waals surface area contributed by atoms with Crippen LogP contribution in [0.2, 0.25) is 10.0 Å². The van der Waals surface area contributed by atoms with Crippen LogP contribution in [0.3, 0.4) is 0 Å². The van der Waals surface area contributed by atoms with Crippen LogP contribution in [0.5, 0.6) is 0 Å². The molecule has 3 rings (SSSR count). The highest BCUT2D eigenvalue weighted by atomic mass is 35.6. The fraction of sp³-hybridized carbons (Fsp3) is 0.516. The van der Waals surface area contributed by atoms with Gasteiger partial charge in [-0.25, -0.2) is 14.8 Å². The molecule has 0 unspecified atom stereocenters. The van der Waals surface area contributed by atoms with E-state index >= 15 is 0 Å². The summed E-state index contributed by atoms with van der Waals surface area (Å²) in [4.78, 5) is 20.5. The largest absolute Gasteiger partial charge is 0.444 e. The van der Waals surface area contributed by atoms with Crippen molar-refractivity contribution in [2.75, 3.05) is 58.0 Å². The molecule has 2 aromatic carbocycles. The number of rotatable bonds is 18. The van der Waals surface area contributed by atoms with E-state index in [1.165, 1.54) is 0 Å². The van der Waals surface area contributed by atoms with E-state index < -0.39 is 15.5 Å². The number of carbonyl (C=O) groups is 1. The van der Waals surface area contributed by atoms with E-state index in [1.54, 1.807) is 18.2 Å². The molecule has 0 aliphatic rings. The highest BCUT2D eigenvalue weighted by Crippen LogP contribution is 2.39. The fourth-order valence-electron chi connectivity index (χ4n) is 3.98. The summed E-state index contributed by atoms with van der Waals surface area (Å²) < 4.78 is 20.0. The molecule has 254 valence electrons. The molecule has 0 atom stereocenters. The van der Waals surface area contributed by atoms with Gasteiger partial charge in [0, 0.05) is 36.7 Å². The van der Waals surface area contributed by atoms with Gasteiger partial charge in [-0.05, 0) is 76.1 Å². The SMILES string of the molecule is CC(C)(C)OC(=O)NCCCOCCOCCOCCCNCc1ccc2c(Nc3ccc(Cl)cc3Cl)nc(C(Cl)(Cl)Cl)nc2c1. The number of nitrogens with zero attached hydrogens (tertiary/aromatic N) is 2. The van der Waals surface area contributed by atoms with Gasteiger partial charge < -0.3 is 34.9 Å². The number of halogens is 5. The molecule has 3 aromatic rings. The Morgan fingerprint density at radius 3 is 2.11 bits per heavy atom. The van der Waals surface area contributed by atoms with Crippen LogP contribution >= 0.6 is 58.0 Å². The third-order valence-electron chi connectivity index (χ3n) is 6.05. The summed E-state index contributed by atoms with van der Waals surface area (Å²) in [5, 5.41) is 11.0. The summed E-state index contributed by atoms with van der Waals surface area (Å²) >= 11 is 30.8. The predicted molar refractivity (Wildman–Crippen MR) is 186 cm³/mol. The van der Waals surface area contributed by atoms with Crippen molar-refractivity contribution < 1.29 is 23.7 Å². The molecule has 0 bridgehead atoms. The zero-order chi connectivity index (χ0) is 33.6. The van der Waals surface area contributed by atoms with E-state index in [9.17, 15) is 4.79 Å². The van der Waals surface area contributed by atoms with Crippen LogP contribution in [-0.2, 0) is 29.3 Å². The highest BCUT2D eigenvalue weighted by molar-refractivity contribution is 6.66. The van der Waals surface area contributed by atoms with Crippen LogP contribution in [-0.4, -0.2) is 74.4 Å². The zero-order valence-corrected chi connectivity index (χ0v) is 29.8. The molecule has 0 aliphatic carbocycles. The van der Waals surface area contributed by atoms with Crippen molar-refractivity contribution in [3.05, 3.63) is 57.8 Å². The van der Waals surface area contributed by atoms with Crippen molar-refractivity contribution in [2.24, 2.45) is 0 Å². The highest BCUT2D eigenvalue weighted by Gasteiger charge is 2.28. The summed E-state index contributed by atoms with van der Waals surface area (Å²) in [6, 6.07) is 10.9. The molecule has 0 radical (unpaired) electrons. The number of nitrogens with one attached hydrogen (secondary N) is 3. The number of alkyl carbamates (subject to hydrolysis) is 1. The number of carbonyl (C=O) groups excluding carboxylic acids is 1. The van der Waals surface area contributed by atoms with Crippen molar-refractivity contribution >= 4 is 86.5 Å². The lowest BCUT2D eigenvalue weighted by Crippen LogP contribution is -2.33. The number of fused-ring (bicyclic) bond motifs is 1. The number of benzene rings is 2. The summed E-state index contributed by atoms with van der Waals surface area (Å²) in [5.41, 5.74) is 1.73. The van der Waals surface area contributed by atoms with E-state index in [-0.39, 0.29) is 5.82 Å². The summed E-state index contributed by atoms with van der Waals surface area (Å²) in [7, 11) is 0. The first kappa shape index (κ1) is 38.6. The number of alkyl halides is 3. The lowest BCUT2D eigenvalue weighted by molar-refractivity contribution is 0.0136. The van der Waals surface area contributed by atoms with Crippen LogP contribution in [0.4, 0.5) is 16.3 Å². The van der Waals surface area contributed by atoms with Crippen molar-refractivity contribution in [1.29, 1.82) is 0 Å². The van der Waals surface area contributed by atoms with Gasteiger partial charge in [-0.3, -0.25) is 0 Å². The second-order valence-corrected chi connectivity index (χ2v) is 14.3. The third-order valence-corrected chi connectivity index (χ3v) is 7.10. The summed E-state index contributed by atoms with van der Waals surface area (Å²) in [5.74, 6) is 0.495. The van der Waals surface area contributed by atoms with Crippen LogP contribution in [0.25, 0.3) is 10.9 Å². The van der Waals surface area contributed by atoms with E-state index in [2.05, 4.69) is 25.9 Å². The van der Waals surface area contributed by atoms with Crippen LogP contribution < -0.4 is 16.0 Å². The van der Waals surface area contributed by atoms with Gasteiger partial charge in [-0.2, -0.15) is 0 Å². The van der Waals surface area contributed by atoms with Crippen LogP contribution in [0.15, 0.2) is 36.4 Å². The molecule has 1 aromatic heterocycles. The van der Waals surface area contributed by atoms with Gasteiger partial charge >= 0.3 is 6.09 Å². The maximum absolute atomic E-state index is 11.6. The first-order valence-corrected chi connectivity index (χ1v) is 16.7. The number of anilines is 2. The first-order valence-electron chi connectivity index (χ1n) is 14.8. The molecule has 1 amide bonds. The number of hydrogen-bond donors (Lipinski definition) is 3. The molecule has 0 spiro atoms. The maximum atomic E-state index is 11.6. The maximum Gasteiger partial charge on any atom is 0.407 e. The molecule has 3 N–H and O–H groups in total. The smallest absolute Gasteiger partial charge is 0.407 e. The topological polar surface area (TPSA) is 116 Å². The number of aromatic nitrogens is 2. The Labute approximate surface area is 295 Å². The second-order valence-electron chi connectivity index (χ2n) is 11.1. The molecule has 1 heterocycles. The first-order chi connectivity index (χ1) is 21.8. The van der Waals surface area contributed by atoms with Crippen LogP contribution in [0, 0.1) is 0 Å².